The second-order valence-corrected chi connectivity index (χ2v) is 13.3. The number of anilines is 3. The summed E-state index contributed by atoms with van der Waals surface area (Å²) < 4.78 is 4.62. The van der Waals surface area contributed by atoms with E-state index < -0.39 is 0 Å². The summed E-state index contributed by atoms with van der Waals surface area (Å²) in [5.41, 5.74) is 13.4. The molecule has 0 atom stereocenters. The van der Waals surface area contributed by atoms with E-state index >= 15 is 0 Å². The minimum atomic E-state index is 0.918. The van der Waals surface area contributed by atoms with Crippen LogP contribution in [0.15, 0.2) is 206 Å². The molecule has 0 saturated heterocycles. The van der Waals surface area contributed by atoms with Crippen molar-refractivity contribution < 1.29 is 0 Å². The van der Waals surface area contributed by atoms with Gasteiger partial charge in [-0.25, -0.2) is 4.98 Å². The van der Waals surface area contributed by atoms with E-state index in [2.05, 4.69) is 208 Å². The van der Waals surface area contributed by atoms with E-state index in [0.29, 0.717) is 0 Å². The number of benzene rings is 8. The van der Waals surface area contributed by atoms with Crippen molar-refractivity contribution in [2.24, 2.45) is 0 Å². The molecule has 0 saturated carbocycles. The van der Waals surface area contributed by atoms with Crippen LogP contribution in [0.25, 0.3) is 66.7 Å². The Morgan fingerprint density at radius 2 is 0.868 bits per heavy atom. The Balaban J connectivity index is 1.05. The van der Waals surface area contributed by atoms with Crippen LogP contribution in [0.2, 0.25) is 0 Å². The van der Waals surface area contributed by atoms with Crippen LogP contribution in [0.4, 0.5) is 17.1 Å². The van der Waals surface area contributed by atoms with Gasteiger partial charge in [-0.05, 0) is 114 Å². The Morgan fingerprint density at radius 3 is 1.60 bits per heavy atom. The summed E-state index contributed by atoms with van der Waals surface area (Å²) in [6.07, 6.45) is 0. The standard InChI is InChI=1S/C49H34N4/c1-4-14-35(15-5-1)37-26-33-47-44(34-37)43-20-10-12-22-46(43)52(47)42-31-29-41(30-32-42)51(38-16-6-2-7-17-38)40-27-24-36(25-28-40)49-50-45-21-11-13-23-48(45)53(49)39-18-8-3-9-19-39/h1-34H. The first kappa shape index (κ1) is 30.6. The number of aromatic nitrogens is 3. The minimum Gasteiger partial charge on any atom is -0.311 e. The van der Waals surface area contributed by atoms with Crippen molar-refractivity contribution in [3.63, 3.8) is 0 Å². The normalized spacial score (nSPS) is 11.4. The van der Waals surface area contributed by atoms with Gasteiger partial charge in [0.1, 0.15) is 5.82 Å². The minimum absolute atomic E-state index is 0.918. The predicted octanol–water partition coefficient (Wildman–Crippen LogP) is 12.9. The fraction of sp³-hybridized carbons (Fsp3) is 0. The van der Waals surface area contributed by atoms with Gasteiger partial charge in [0, 0.05) is 44.8 Å². The molecule has 2 aromatic heterocycles. The number of fused-ring (bicyclic) bond motifs is 4. The van der Waals surface area contributed by atoms with Crippen molar-refractivity contribution >= 4 is 49.9 Å². The van der Waals surface area contributed by atoms with Crippen LogP contribution < -0.4 is 4.90 Å². The van der Waals surface area contributed by atoms with Crippen molar-refractivity contribution in [1.82, 2.24) is 14.1 Å². The summed E-state index contributed by atoms with van der Waals surface area (Å²) in [5, 5.41) is 2.49. The number of nitrogens with zero attached hydrogens (tertiary/aromatic N) is 4. The van der Waals surface area contributed by atoms with Gasteiger partial charge in [-0.15, -0.1) is 0 Å². The number of hydrogen-bond acceptors (Lipinski definition) is 2. The SMILES string of the molecule is c1ccc(-c2ccc3c(c2)c2ccccc2n3-c2ccc(N(c3ccccc3)c3ccc(-c4nc5ccccc5n4-c4ccccc4)cc3)cc2)cc1. The van der Waals surface area contributed by atoms with Gasteiger partial charge in [-0.1, -0.05) is 103 Å². The molecular weight excluding hydrogens is 645 g/mol. The fourth-order valence-electron chi connectivity index (χ4n) is 7.65. The second kappa shape index (κ2) is 12.9. The molecule has 0 aliphatic rings. The lowest BCUT2D eigenvalue weighted by molar-refractivity contribution is 1.10. The average molecular weight is 679 g/mol. The van der Waals surface area contributed by atoms with Gasteiger partial charge in [0.2, 0.25) is 0 Å². The third-order valence-electron chi connectivity index (χ3n) is 10.1. The molecule has 0 amide bonds. The number of hydrogen-bond donors (Lipinski definition) is 0. The summed E-state index contributed by atoms with van der Waals surface area (Å²) in [7, 11) is 0. The zero-order valence-corrected chi connectivity index (χ0v) is 28.9. The molecule has 0 N–H and O–H groups in total. The van der Waals surface area contributed by atoms with Crippen molar-refractivity contribution in [3.8, 4) is 33.9 Å². The van der Waals surface area contributed by atoms with Crippen molar-refractivity contribution in [1.29, 1.82) is 0 Å². The monoisotopic (exact) mass is 678 g/mol. The molecule has 0 unspecified atom stereocenters. The van der Waals surface area contributed by atoms with Crippen molar-refractivity contribution in [2.75, 3.05) is 4.90 Å². The molecule has 0 spiro atoms. The van der Waals surface area contributed by atoms with E-state index in [1.165, 1.54) is 32.9 Å². The molecule has 53 heavy (non-hydrogen) atoms. The first-order valence-corrected chi connectivity index (χ1v) is 18.0. The molecule has 0 radical (unpaired) electrons. The van der Waals surface area contributed by atoms with E-state index in [1.807, 2.05) is 12.1 Å². The smallest absolute Gasteiger partial charge is 0.145 e. The molecule has 250 valence electrons. The van der Waals surface area contributed by atoms with E-state index in [9.17, 15) is 0 Å². The molecule has 0 aliphatic heterocycles. The zero-order valence-electron chi connectivity index (χ0n) is 28.9. The lowest BCUT2D eigenvalue weighted by atomic mass is 10.0. The van der Waals surface area contributed by atoms with Crippen molar-refractivity contribution in [2.45, 2.75) is 0 Å². The summed E-state index contributed by atoms with van der Waals surface area (Å²) in [6.45, 7) is 0. The summed E-state index contributed by atoms with van der Waals surface area (Å²) in [5.74, 6) is 0.918. The highest BCUT2D eigenvalue weighted by atomic mass is 15.1. The van der Waals surface area contributed by atoms with E-state index in [4.69, 9.17) is 4.98 Å². The third-order valence-corrected chi connectivity index (χ3v) is 10.1. The Bertz CT molecular complexity index is 2850. The summed E-state index contributed by atoms with van der Waals surface area (Å²) >= 11 is 0. The Kier molecular flexibility index (Phi) is 7.43. The highest BCUT2D eigenvalue weighted by Gasteiger charge is 2.18. The second-order valence-electron chi connectivity index (χ2n) is 13.3. The molecule has 10 aromatic rings. The first-order chi connectivity index (χ1) is 26.3. The van der Waals surface area contributed by atoms with Gasteiger partial charge in [0.05, 0.1) is 22.1 Å². The largest absolute Gasteiger partial charge is 0.311 e. The average Bonchev–Trinajstić information content (AvgIpc) is 3.79. The van der Waals surface area contributed by atoms with Crippen LogP contribution in [0.3, 0.4) is 0 Å². The number of para-hydroxylation sites is 5. The Hall–Kier alpha value is -7.17. The van der Waals surface area contributed by atoms with E-state index in [-0.39, 0.29) is 0 Å². The lowest BCUT2D eigenvalue weighted by Gasteiger charge is -2.26. The molecular formula is C49H34N4. The van der Waals surface area contributed by atoms with Crippen LogP contribution in [-0.4, -0.2) is 14.1 Å². The summed E-state index contributed by atoms with van der Waals surface area (Å²) in [6, 6.07) is 73.2. The maximum absolute atomic E-state index is 5.09. The topological polar surface area (TPSA) is 26.0 Å². The van der Waals surface area contributed by atoms with Crippen LogP contribution in [-0.2, 0) is 0 Å². The first-order valence-electron chi connectivity index (χ1n) is 18.0. The number of rotatable bonds is 7. The van der Waals surface area contributed by atoms with E-state index in [0.717, 1.165) is 50.9 Å². The van der Waals surface area contributed by atoms with Crippen LogP contribution in [0.1, 0.15) is 0 Å². The lowest BCUT2D eigenvalue weighted by Crippen LogP contribution is -2.10. The molecule has 4 heteroatoms. The Labute approximate surface area is 308 Å². The Morgan fingerprint density at radius 1 is 0.340 bits per heavy atom. The molecule has 8 aromatic carbocycles. The van der Waals surface area contributed by atoms with Crippen LogP contribution in [0.5, 0.6) is 0 Å². The number of imidazole rings is 1. The molecule has 4 nitrogen and oxygen atoms in total. The maximum Gasteiger partial charge on any atom is 0.145 e. The van der Waals surface area contributed by atoms with Crippen molar-refractivity contribution in [3.05, 3.63) is 206 Å². The predicted molar refractivity (Wildman–Crippen MR) is 221 cm³/mol. The highest BCUT2D eigenvalue weighted by Crippen LogP contribution is 2.39. The fourth-order valence-corrected chi connectivity index (χ4v) is 7.65. The molecule has 0 fully saturated rings. The molecule has 0 bridgehead atoms. The summed E-state index contributed by atoms with van der Waals surface area (Å²) in [4.78, 5) is 7.41. The van der Waals surface area contributed by atoms with Gasteiger partial charge in [-0.3, -0.25) is 4.57 Å². The van der Waals surface area contributed by atoms with Gasteiger partial charge >= 0.3 is 0 Å². The quantitative estimate of drug-likeness (QED) is 0.168. The molecule has 0 aliphatic carbocycles. The van der Waals surface area contributed by atoms with Gasteiger partial charge in [-0.2, -0.15) is 0 Å². The highest BCUT2D eigenvalue weighted by molar-refractivity contribution is 6.10. The van der Waals surface area contributed by atoms with Crippen LogP contribution in [0, 0.1) is 0 Å². The zero-order chi connectivity index (χ0) is 35.1. The van der Waals surface area contributed by atoms with Crippen LogP contribution >= 0.6 is 0 Å². The van der Waals surface area contributed by atoms with Gasteiger partial charge in [0.25, 0.3) is 0 Å². The van der Waals surface area contributed by atoms with Gasteiger partial charge < -0.3 is 9.47 Å². The maximum atomic E-state index is 5.09. The third kappa shape index (κ3) is 5.36. The molecule has 10 rings (SSSR count). The van der Waals surface area contributed by atoms with E-state index in [1.54, 1.807) is 0 Å². The molecule has 2 heterocycles. The van der Waals surface area contributed by atoms with Gasteiger partial charge in [0.15, 0.2) is 0 Å².